The van der Waals surface area contributed by atoms with Crippen molar-refractivity contribution in [3.8, 4) is 5.75 Å². The number of nitrogens with zero attached hydrogens (tertiary/aromatic N) is 5. The van der Waals surface area contributed by atoms with E-state index in [0.717, 1.165) is 12.1 Å². The molecule has 3 aromatic heterocycles. The summed E-state index contributed by atoms with van der Waals surface area (Å²) in [5.74, 6) is -0.313. The maximum Gasteiger partial charge on any atom is 0.416 e. The third kappa shape index (κ3) is 3.05. The Hall–Kier alpha value is -3.96. The maximum absolute atomic E-state index is 14.6. The number of likely N-dealkylation sites (tertiary alicyclic amines) is 1. The molecule has 1 saturated heterocycles. The van der Waals surface area contributed by atoms with E-state index in [2.05, 4.69) is 15.0 Å². The Labute approximate surface area is 189 Å². The molecule has 174 valence electrons. The normalized spacial score (nSPS) is 22.0. The second-order valence-corrected chi connectivity index (χ2v) is 8.35. The van der Waals surface area contributed by atoms with Crippen LogP contribution in [0.4, 0.5) is 23.4 Å². The number of ether oxygens (including phenoxy) is 1. The number of aromatic nitrogens is 4. The summed E-state index contributed by atoms with van der Waals surface area (Å²) in [7, 11) is 0. The zero-order chi connectivity index (χ0) is 23.8. The van der Waals surface area contributed by atoms with Crippen LogP contribution in [-0.2, 0) is 6.18 Å². The summed E-state index contributed by atoms with van der Waals surface area (Å²) in [4.78, 5) is 27.3. The minimum Gasteiger partial charge on any atom is -0.487 e. The van der Waals surface area contributed by atoms with Gasteiger partial charge < -0.3 is 15.4 Å². The van der Waals surface area contributed by atoms with Gasteiger partial charge in [0.15, 0.2) is 0 Å². The first-order chi connectivity index (χ1) is 16.2. The molecule has 2 aliphatic rings. The van der Waals surface area contributed by atoms with Gasteiger partial charge in [0, 0.05) is 12.0 Å². The fraction of sp³-hybridized carbons (Fsp3) is 0.273. The van der Waals surface area contributed by atoms with Gasteiger partial charge in [-0.1, -0.05) is 6.07 Å². The predicted octanol–water partition coefficient (Wildman–Crippen LogP) is 3.56. The number of imidazole rings is 1. The molecule has 1 fully saturated rings. The Morgan fingerprint density at radius 1 is 1.18 bits per heavy atom. The van der Waals surface area contributed by atoms with E-state index in [4.69, 9.17) is 10.5 Å². The molecule has 4 aromatic rings. The second kappa shape index (κ2) is 7.02. The average molecular weight is 472 g/mol. The van der Waals surface area contributed by atoms with Crippen LogP contribution in [-0.4, -0.2) is 49.0 Å². The minimum absolute atomic E-state index is 0.00277. The Kier molecular flexibility index (Phi) is 4.26. The summed E-state index contributed by atoms with van der Waals surface area (Å²) in [5.41, 5.74) is 7.03. The zero-order valence-electron chi connectivity index (χ0n) is 17.3. The second-order valence-electron chi connectivity index (χ2n) is 8.35. The number of nitrogen functional groups attached to an aromatic ring is 1. The number of pyridine rings is 1. The van der Waals surface area contributed by atoms with Gasteiger partial charge in [-0.25, -0.2) is 19.3 Å². The van der Waals surface area contributed by atoms with Crippen LogP contribution in [0, 0.1) is 0 Å². The van der Waals surface area contributed by atoms with Crippen LogP contribution in [0.5, 0.6) is 5.75 Å². The van der Waals surface area contributed by atoms with Crippen molar-refractivity contribution in [2.24, 2.45) is 0 Å². The number of halogens is 4. The van der Waals surface area contributed by atoms with E-state index >= 15 is 0 Å². The molecule has 5 heterocycles. The number of carbonyl (C=O) groups excluding carboxylic acids is 1. The topological polar surface area (TPSA) is 98.6 Å². The summed E-state index contributed by atoms with van der Waals surface area (Å²) >= 11 is 0. The summed E-state index contributed by atoms with van der Waals surface area (Å²) in [6, 6.07) is 3.90. The van der Waals surface area contributed by atoms with Crippen LogP contribution < -0.4 is 10.5 Å². The van der Waals surface area contributed by atoms with Crippen molar-refractivity contribution in [2.45, 2.75) is 30.9 Å². The largest absolute Gasteiger partial charge is 0.487 e. The molecule has 6 rings (SSSR count). The number of hydrogen-bond acceptors (Lipinski definition) is 6. The number of carbonyl (C=O) groups is 1. The van der Waals surface area contributed by atoms with Crippen LogP contribution in [0.15, 0.2) is 43.0 Å². The van der Waals surface area contributed by atoms with Crippen LogP contribution in [0.1, 0.15) is 34.1 Å². The van der Waals surface area contributed by atoms with Gasteiger partial charge in [-0.05, 0) is 18.2 Å². The SMILES string of the molecule is Nc1nc2cnc(C(=O)N3C[C@H](F)CC4Oc5cc(C(F)(F)F)ccc5[C@@H]43)cc2n2cncc12. The Morgan fingerprint density at radius 2 is 2.00 bits per heavy atom. The van der Waals surface area contributed by atoms with Gasteiger partial charge >= 0.3 is 6.18 Å². The van der Waals surface area contributed by atoms with Crippen LogP contribution in [0.3, 0.4) is 0 Å². The predicted molar refractivity (Wildman–Crippen MR) is 112 cm³/mol. The van der Waals surface area contributed by atoms with Gasteiger partial charge in [-0.2, -0.15) is 13.2 Å². The lowest BCUT2D eigenvalue weighted by Crippen LogP contribution is -2.49. The van der Waals surface area contributed by atoms with E-state index in [0.29, 0.717) is 22.1 Å². The lowest BCUT2D eigenvalue weighted by atomic mass is 9.92. The van der Waals surface area contributed by atoms with Gasteiger partial charge in [0.2, 0.25) is 0 Å². The highest BCUT2D eigenvalue weighted by Crippen LogP contribution is 2.47. The van der Waals surface area contributed by atoms with Crippen LogP contribution in [0.25, 0.3) is 16.6 Å². The van der Waals surface area contributed by atoms with Crippen molar-refractivity contribution in [2.75, 3.05) is 12.3 Å². The molecule has 0 bridgehead atoms. The first-order valence-electron chi connectivity index (χ1n) is 10.4. The summed E-state index contributed by atoms with van der Waals surface area (Å²) in [5, 5.41) is 0. The van der Waals surface area contributed by atoms with Gasteiger partial charge in [0.25, 0.3) is 5.91 Å². The first kappa shape index (κ1) is 20.6. The number of rotatable bonds is 1. The minimum atomic E-state index is -4.55. The highest BCUT2D eigenvalue weighted by Gasteiger charge is 2.47. The Morgan fingerprint density at radius 3 is 2.79 bits per heavy atom. The average Bonchev–Trinajstić information content (AvgIpc) is 3.42. The fourth-order valence-electron chi connectivity index (χ4n) is 4.74. The standard InChI is InChI=1S/C22H16F4N6O2/c23-11-4-18-19(12-2-1-10(22(24,25)26)3-17(12)34-18)31(8-11)21(33)13-5-15-14(6-29-13)30-20(27)16-7-28-9-32(15)16/h1-3,5-7,9,11,18-19H,4,8H2,(H2,27,30)/t11-,18?,19+/m1/s1. The van der Waals surface area contributed by atoms with Crippen LogP contribution in [0.2, 0.25) is 0 Å². The van der Waals surface area contributed by atoms with E-state index in [1.54, 1.807) is 4.40 Å². The van der Waals surface area contributed by atoms with Crippen molar-refractivity contribution in [1.29, 1.82) is 0 Å². The monoisotopic (exact) mass is 472 g/mol. The first-order valence-corrected chi connectivity index (χ1v) is 10.4. The molecule has 12 heteroatoms. The molecule has 8 nitrogen and oxygen atoms in total. The van der Waals surface area contributed by atoms with Crippen LogP contribution >= 0.6 is 0 Å². The van der Waals surface area contributed by atoms with Crippen molar-refractivity contribution in [3.63, 3.8) is 0 Å². The lowest BCUT2D eigenvalue weighted by Gasteiger charge is -2.38. The number of alkyl halides is 4. The van der Waals surface area contributed by atoms with Crippen molar-refractivity contribution in [1.82, 2.24) is 24.3 Å². The Bertz CT molecular complexity index is 1470. The third-order valence-electron chi connectivity index (χ3n) is 6.25. The van der Waals surface area contributed by atoms with E-state index in [1.165, 1.54) is 35.8 Å². The quantitative estimate of drug-likeness (QED) is 0.426. The van der Waals surface area contributed by atoms with Crippen molar-refractivity contribution < 1.29 is 27.1 Å². The number of piperidine rings is 1. The van der Waals surface area contributed by atoms with Gasteiger partial charge in [0.05, 0.1) is 42.4 Å². The number of anilines is 1. The smallest absolute Gasteiger partial charge is 0.416 e. The molecule has 3 atom stereocenters. The number of hydrogen-bond donors (Lipinski definition) is 1. The number of benzene rings is 1. The highest BCUT2D eigenvalue weighted by molar-refractivity contribution is 5.96. The number of nitrogens with two attached hydrogens (primary N) is 1. The molecule has 1 aromatic carbocycles. The van der Waals surface area contributed by atoms with E-state index in [9.17, 15) is 22.4 Å². The molecule has 2 N–H and O–H groups in total. The zero-order valence-corrected chi connectivity index (χ0v) is 17.3. The molecule has 0 aliphatic carbocycles. The molecule has 34 heavy (non-hydrogen) atoms. The molecule has 1 amide bonds. The molecular weight excluding hydrogens is 456 g/mol. The summed E-state index contributed by atoms with van der Waals surface area (Å²) in [6.07, 6.45) is -2.32. The Balaban J connectivity index is 1.41. The summed E-state index contributed by atoms with van der Waals surface area (Å²) < 4.78 is 61.4. The van der Waals surface area contributed by atoms with Gasteiger partial charge in [-0.3, -0.25) is 9.20 Å². The fourth-order valence-corrected chi connectivity index (χ4v) is 4.74. The number of fused-ring (bicyclic) bond motifs is 6. The van der Waals surface area contributed by atoms with Gasteiger partial charge in [0.1, 0.15) is 40.6 Å². The van der Waals surface area contributed by atoms with E-state index < -0.39 is 36.0 Å². The lowest BCUT2D eigenvalue weighted by molar-refractivity contribution is -0.137. The molecule has 0 spiro atoms. The molecular formula is C22H16F4N6O2. The molecule has 0 radical (unpaired) electrons. The number of amides is 1. The van der Waals surface area contributed by atoms with Crippen molar-refractivity contribution >= 4 is 28.3 Å². The third-order valence-corrected chi connectivity index (χ3v) is 6.25. The molecule has 1 unspecified atom stereocenters. The summed E-state index contributed by atoms with van der Waals surface area (Å²) in [6.45, 7) is -0.232. The van der Waals surface area contributed by atoms with E-state index in [1.807, 2.05) is 0 Å². The van der Waals surface area contributed by atoms with Crippen molar-refractivity contribution in [3.05, 3.63) is 59.8 Å². The van der Waals surface area contributed by atoms with Gasteiger partial charge in [-0.15, -0.1) is 0 Å². The molecule has 2 aliphatic heterocycles. The van der Waals surface area contributed by atoms with E-state index in [-0.39, 0.29) is 30.2 Å². The maximum atomic E-state index is 14.6. The molecule has 0 saturated carbocycles. The highest BCUT2D eigenvalue weighted by atomic mass is 19.4.